The predicted molar refractivity (Wildman–Crippen MR) is 47.2 cm³/mol. The van der Waals surface area contributed by atoms with E-state index >= 15 is 0 Å². The highest BCUT2D eigenvalue weighted by Gasteiger charge is 2.04. The molecule has 3 heteroatoms. The van der Waals surface area contributed by atoms with Crippen LogP contribution in [0.15, 0.2) is 12.1 Å². The van der Waals surface area contributed by atoms with Crippen LogP contribution in [0.5, 0.6) is 5.75 Å². The molecule has 1 aromatic carbocycles. The van der Waals surface area contributed by atoms with Crippen molar-refractivity contribution < 1.29 is 4.74 Å². The number of rotatable bonds is 1. The van der Waals surface area contributed by atoms with E-state index in [9.17, 15) is 0 Å². The van der Waals surface area contributed by atoms with Crippen molar-refractivity contribution in [2.75, 3.05) is 0 Å². The number of hydrogen-bond donors (Lipinski definition) is 0. The summed E-state index contributed by atoms with van der Waals surface area (Å²) in [5.74, 6) is 0.580. The maximum absolute atomic E-state index is 5.79. The Morgan fingerprint density at radius 3 is 2.45 bits per heavy atom. The molecule has 59 valence electrons. The van der Waals surface area contributed by atoms with Gasteiger partial charge in [-0.2, -0.15) is 0 Å². The molecule has 0 spiro atoms. The summed E-state index contributed by atoms with van der Waals surface area (Å²) in [5, 5.41) is 1.10. The highest BCUT2D eigenvalue weighted by Crippen LogP contribution is 2.31. The van der Waals surface area contributed by atoms with Crippen molar-refractivity contribution in [2.24, 2.45) is 0 Å². The molecule has 1 aromatic rings. The Kier molecular flexibility index (Phi) is 2.63. The topological polar surface area (TPSA) is 9.23 Å². The fourth-order valence-electron chi connectivity index (χ4n) is 0.872. The minimum absolute atomic E-state index is 0.491. The molecule has 0 fully saturated rings. The number of ether oxygens (including phenoxy) is 1. The van der Waals surface area contributed by atoms with Crippen molar-refractivity contribution >= 4 is 23.2 Å². The van der Waals surface area contributed by atoms with Crippen molar-refractivity contribution in [2.45, 2.75) is 6.92 Å². The van der Waals surface area contributed by atoms with E-state index in [4.69, 9.17) is 27.9 Å². The van der Waals surface area contributed by atoms with Crippen LogP contribution in [-0.2, 0) is 0 Å². The van der Waals surface area contributed by atoms with Crippen LogP contribution in [-0.4, -0.2) is 0 Å². The first-order chi connectivity index (χ1) is 5.15. The second kappa shape index (κ2) is 3.33. The first kappa shape index (κ1) is 8.69. The van der Waals surface area contributed by atoms with E-state index in [0.717, 1.165) is 5.56 Å². The van der Waals surface area contributed by atoms with Crippen LogP contribution >= 0.6 is 23.2 Å². The Morgan fingerprint density at radius 1 is 1.36 bits per heavy atom. The van der Waals surface area contributed by atoms with Crippen molar-refractivity contribution in [3.05, 3.63) is 34.9 Å². The zero-order chi connectivity index (χ0) is 8.43. The van der Waals surface area contributed by atoms with Crippen molar-refractivity contribution in [1.29, 1.82) is 0 Å². The summed E-state index contributed by atoms with van der Waals surface area (Å²) in [5.41, 5.74) is 0.887. The fourth-order valence-corrected chi connectivity index (χ4v) is 1.52. The van der Waals surface area contributed by atoms with Gasteiger partial charge in [-0.15, -0.1) is 0 Å². The van der Waals surface area contributed by atoms with Crippen LogP contribution in [0.1, 0.15) is 5.56 Å². The van der Waals surface area contributed by atoms with Crippen LogP contribution in [0.4, 0.5) is 0 Å². The Morgan fingerprint density at radius 2 is 2.00 bits per heavy atom. The van der Waals surface area contributed by atoms with Gasteiger partial charge >= 0.3 is 0 Å². The second-order valence-electron chi connectivity index (χ2n) is 2.18. The Hall–Kier alpha value is -0.400. The SMILES string of the molecule is [CH2]Oc1c(C)cc(Cl)cc1Cl. The number of hydrogen-bond acceptors (Lipinski definition) is 1. The Balaban J connectivity index is 3.25. The smallest absolute Gasteiger partial charge is 0.141 e. The predicted octanol–water partition coefficient (Wildman–Crippen LogP) is 3.47. The van der Waals surface area contributed by atoms with Crippen molar-refractivity contribution in [3.63, 3.8) is 0 Å². The number of aryl methyl sites for hydroxylation is 1. The summed E-state index contributed by atoms with van der Waals surface area (Å²) >= 11 is 11.5. The molecule has 0 saturated carbocycles. The molecule has 0 aromatic heterocycles. The molecular weight excluding hydrogens is 183 g/mol. The largest absolute Gasteiger partial charge is 0.488 e. The lowest BCUT2D eigenvalue weighted by atomic mass is 10.2. The van der Waals surface area contributed by atoms with Crippen molar-refractivity contribution in [3.8, 4) is 5.75 Å². The van der Waals surface area contributed by atoms with Gasteiger partial charge in [0, 0.05) is 5.02 Å². The van der Waals surface area contributed by atoms with Gasteiger partial charge in [0.05, 0.1) is 5.02 Å². The summed E-state index contributed by atoms with van der Waals surface area (Å²) in [4.78, 5) is 0. The third-order valence-electron chi connectivity index (χ3n) is 1.34. The van der Waals surface area contributed by atoms with Crippen molar-refractivity contribution in [1.82, 2.24) is 0 Å². The normalized spacial score (nSPS) is 9.82. The summed E-state index contributed by atoms with van der Waals surface area (Å²) in [7, 11) is 3.28. The minimum atomic E-state index is 0.491. The minimum Gasteiger partial charge on any atom is -0.488 e. The molecule has 0 heterocycles. The molecule has 0 atom stereocenters. The zero-order valence-electron chi connectivity index (χ0n) is 6.03. The van der Waals surface area contributed by atoms with E-state index in [0.29, 0.717) is 15.8 Å². The first-order valence-corrected chi connectivity index (χ1v) is 3.78. The number of benzene rings is 1. The van der Waals surface area contributed by atoms with Gasteiger partial charge in [0.2, 0.25) is 0 Å². The zero-order valence-corrected chi connectivity index (χ0v) is 7.54. The van der Waals surface area contributed by atoms with Crippen LogP contribution in [0.3, 0.4) is 0 Å². The molecular formula is C8H7Cl2O. The molecule has 0 saturated heterocycles. The molecule has 1 nitrogen and oxygen atoms in total. The molecule has 0 aliphatic heterocycles. The third-order valence-corrected chi connectivity index (χ3v) is 1.84. The first-order valence-electron chi connectivity index (χ1n) is 3.03. The van der Waals surface area contributed by atoms with Gasteiger partial charge in [0.25, 0.3) is 0 Å². The molecule has 0 N–H and O–H groups in total. The Labute approximate surface area is 75.9 Å². The van der Waals surface area contributed by atoms with E-state index in [2.05, 4.69) is 7.11 Å². The van der Waals surface area contributed by atoms with Gasteiger partial charge in [0.15, 0.2) is 0 Å². The van der Waals surface area contributed by atoms with Gasteiger partial charge < -0.3 is 4.74 Å². The van der Waals surface area contributed by atoms with Gasteiger partial charge in [-0.05, 0) is 24.6 Å². The lowest BCUT2D eigenvalue weighted by Crippen LogP contribution is -1.85. The van der Waals surface area contributed by atoms with Gasteiger partial charge in [-0.3, -0.25) is 0 Å². The molecule has 11 heavy (non-hydrogen) atoms. The molecule has 0 aliphatic carbocycles. The van der Waals surface area contributed by atoms with E-state index in [1.165, 1.54) is 0 Å². The van der Waals surface area contributed by atoms with Crippen LogP contribution in [0.25, 0.3) is 0 Å². The van der Waals surface area contributed by atoms with E-state index in [-0.39, 0.29) is 0 Å². The van der Waals surface area contributed by atoms with E-state index in [1.807, 2.05) is 6.92 Å². The quantitative estimate of drug-likeness (QED) is 0.658. The van der Waals surface area contributed by atoms with Gasteiger partial charge in [-0.1, -0.05) is 23.2 Å². The Bertz CT molecular complexity index is 248. The molecule has 1 rings (SSSR count). The molecule has 0 unspecified atom stereocenters. The summed E-state index contributed by atoms with van der Waals surface area (Å²) < 4.78 is 4.79. The van der Waals surface area contributed by atoms with Crippen LogP contribution < -0.4 is 4.74 Å². The second-order valence-corrected chi connectivity index (χ2v) is 3.02. The average molecular weight is 190 g/mol. The maximum atomic E-state index is 5.79. The number of halogens is 2. The standard InChI is InChI=1S/C8H7Cl2O/c1-5-3-6(9)4-7(10)8(5)11-2/h3-4H,2H2,1H3. The lowest BCUT2D eigenvalue weighted by Gasteiger charge is -2.05. The molecule has 1 radical (unpaired) electrons. The lowest BCUT2D eigenvalue weighted by molar-refractivity contribution is 0.469. The summed E-state index contributed by atoms with van der Waals surface area (Å²) in [6.07, 6.45) is 0. The average Bonchev–Trinajstić information content (AvgIpc) is 1.85. The van der Waals surface area contributed by atoms with Gasteiger partial charge in [-0.25, -0.2) is 0 Å². The highest BCUT2D eigenvalue weighted by atomic mass is 35.5. The van der Waals surface area contributed by atoms with Crippen LogP contribution in [0, 0.1) is 14.0 Å². The third kappa shape index (κ3) is 1.79. The summed E-state index contributed by atoms with van der Waals surface area (Å²) in [6.45, 7) is 1.86. The van der Waals surface area contributed by atoms with Crippen LogP contribution in [0.2, 0.25) is 10.0 Å². The maximum Gasteiger partial charge on any atom is 0.141 e. The molecule has 0 bridgehead atoms. The molecule has 0 amide bonds. The highest BCUT2D eigenvalue weighted by molar-refractivity contribution is 6.35. The van der Waals surface area contributed by atoms with E-state index in [1.54, 1.807) is 12.1 Å². The summed E-state index contributed by atoms with van der Waals surface area (Å²) in [6, 6.07) is 3.39. The fraction of sp³-hybridized carbons (Fsp3) is 0.125. The van der Waals surface area contributed by atoms with E-state index < -0.39 is 0 Å². The van der Waals surface area contributed by atoms with Gasteiger partial charge in [0.1, 0.15) is 12.9 Å². The monoisotopic (exact) mass is 189 g/mol. The molecule has 0 aliphatic rings.